The first-order valence-corrected chi connectivity index (χ1v) is 5.11. The largest absolute Gasteiger partial charge is 0.390 e. The van der Waals surface area contributed by atoms with Crippen molar-refractivity contribution in [3.63, 3.8) is 0 Å². The van der Waals surface area contributed by atoms with Gasteiger partial charge in [0.05, 0.1) is 6.10 Å². The molecule has 0 saturated heterocycles. The highest BCUT2D eigenvalue weighted by molar-refractivity contribution is 4.89. The molecule has 2 fully saturated rings. The molecule has 1 nitrogen and oxygen atoms in total. The lowest BCUT2D eigenvalue weighted by atomic mass is 9.69. The average molecular weight is 172 g/mol. The van der Waals surface area contributed by atoms with Crippen molar-refractivity contribution in [3.8, 4) is 0 Å². The third-order valence-electron chi connectivity index (χ3n) is 3.58. The number of rotatable bonds is 0. The lowest BCUT2D eigenvalue weighted by Crippen LogP contribution is -2.41. The summed E-state index contributed by atoms with van der Waals surface area (Å²) in [7, 11) is 0. The monoisotopic (exact) mass is 172 g/mol. The van der Waals surface area contributed by atoms with Gasteiger partial charge in [0.15, 0.2) is 0 Å². The van der Waals surface area contributed by atoms with Crippen molar-refractivity contribution in [2.24, 2.45) is 11.8 Å². The quantitative estimate of drug-likeness (QED) is 0.594. The molecule has 0 heterocycles. The Labute approximate surface area is 73.0 Å². The van der Waals surface area contributed by atoms with E-state index in [9.17, 15) is 9.50 Å². The summed E-state index contributed by atoms with van der Waals surface area (Å²) in [5.41, 5.74) is 0. The number of alkyl halides is 1. The second-order valence-electron chi connectivity index (χ2n) is 4.30. The van der Waals surface area contributed by atoms with Crippen LogP contribution in [0.3, 0.4) is 0 Å². The zero-order valence-electron chi connectivity index (χ0n) is 7.38. The number of aliphatic hydroxyl groups is 1. The fourth-order valence-corrected chi connectivity index (χ4v) is 2.84. The molecule has 0 spiro atoms. The number of hydrogen-bond donors (Lipinski definition) is 1. The molecule has 0 bridgehead atoms. The Morgan fingerprint density at radius 3 is 2.58 bits per heavy atom. The maximum absolute atomic E-state index is 13.5. The van der Waals surface area contributed by atoms with Crippen LogP contribution in [-0.4, -0.2) is 17.4 Å². The second kappa shape index (κ2) is 3.33. The summed E-state index contributed by atoms with van der Waals surface area (Å²) in [5, 5.41) is 9.34. The molecule has 2 aliphatic rings. The molecule has 2 heteroatoms. The molecule has 2 saturated carbocycles. The van der Waals surface area contributed by atoms with Crippen molar-refractivity contribution >= 4 is 0 Å². The molecule has 0 amide bonds. The van der Waals surface area contributed by atoms with E-state index in [1.54, 1.807) is 0 Å². The summed E-state index contributed by atoms with van der Waals surface area (Å²) in [4.78, 5) is 0. The third-order valence-corrected chi connectivity index (χ3v) is 3.58. The fraction of sp³-hybridized carbons (Fsp3) is 1.00. The van der Waals surface area contributed by atoms with Crippen molar-refractivity contribution in [2.45, 2.75) is 50.8 Å². The van der Waals surface area contributed by atoms with E-state index >= 15 is 0 Å². The average Bonchev–Trinajstić information content (AvgIpc) is 2.12. The van der Waals surface area contributed by atoms with Gasteiger partial charge < -0.3 is 5.11 Å². The van der Waals surface area contributed by atoms with Gasteiger partial charge in [-0.3, -0.25) is 0 Å². The number of fused-ring (bicyclic) bond motifs is 1. The molecule has 2 aliphatic carbocycles. The number of hydrogen-bond acceptors (Lipinski definition) is 1. The summed E-state index contributed by atoms with van der Waals surface area (Å²) in [6.07, 6.45) is 4.77. The molecule has 0 aromatic heterocycles. The summed E-state index contributed by atoms with van der Waals surface area (Å²) in [6.45, 7) is 0. The molecule has 1 N–H and O–H groups in total. The minimum absolute atomic E-state index is 0.183. The van der Waals surface area contributed by atoms with E-state index in [4.69, 9.17) is 0 Å². The standard InChI is InChI=1S/C10H17FO/c11-10-8-4-2-1-3-7(8)5-6-9(10)12/h7-10,12H,1-6H2/t7-,8+,9-,10-/m1/s1. The molecular formula is C10H17FO. The third kappa shape index (κ3) is 1.37. The van der Waals surface area contributed by atoms with Gasteiger partial charge in [-0.1, -0.05) is 19.3 Å². The molecule has 12 heavy (non-hydrogen) atoms. The zero-order valence-corrected chi connectivity index (χ0v) is 7.38. The van der Waals surface area contributed by atoms with E-state index in [0.717, 1.165) is 19.3 Å². The van der Waals surface area contributed by atoms with Crippen LogP contribution in [0.2, 0.25) is 0 Å². The normalized spacial score (nSPS) is 48.5. The molecule has 0 aromatic carbocycles. The zero-order chi connectivity index (χ0) is 8.55. The van der Waals surface area contributed by atoms with Gasteiger partial charge in [-0.2, -0.15) is 0 Å². The predicted molar refractivity (Wildman–Crippen MR) is 45.6 cm³/mol. The SMILES string of the molecule is O[C@@H]1CC[C@H]2CCCC[C@@H]2[C@H]1F. The summed E-state index contributed by atoms with van der Waals surface area (Å²) >= 11 is 0. The van der Waals surface area contributed by atoms with E-state index in [2.05, 4.69) is 0 Å². The first-order chi connectivity index (χ1) is 5.79. The molecule has 0 aliphatic heterocycles. The molecule has 2 rings (SSSR count). The van der Waals surface area contributed by atoms with Crippen molar-refractivity contribution in [2.75, 3.05) is 0 Å². The van der Waals surface area contributed by atoms with Crippen molar-refractivity contribution in [3.05, 3.63) is 0 Å². The van der Waals surface area contributed by atoms with E-state index < -0.39 is 12.3 Å². The fourth-order valence-electron chi connectivity index (χ4n) is 2.84. The molecular weight excluding hydrogens is 155 g/mol. The van der Waals surface area contributed by atoms with Gasteiger partial charge in [-0.05, 0) is 31.1 Å². The van der Waals surface area contributed by atoms with E-state index in [-0.39, 0.29) is 5.92 Å². The summed E-state index contributed by atoms with van der Waals surface area (Å²) in [6, 6.07) is 0. The van der Waals surface area contributed by atoms with Crippen LogP contribution in [0.5, 0.6) is 0 Å². The molecule has 70 valence electrons. The summed E-state index contributed by atoms with van der Waals surface area (Å²) < 4.78 is 13.5. The Kier molecular flexibility index (Phi) is 2.35. The molecule has 4 atom stereocenters. The van der Waals surface area contributed by atoms with Crippen LogP contribution in [0.1, 0.15) is 38.5 Å². The second-order valence-corrected chi connectivity index (χ2v) is 4.30. The van der Waals surface area contributed by atoms with Crippen LogP contribution in [0, 0.1) is 11.8 Å². The Balaban J connectivity index is 2.03. The lowest BCUT2D eigenvalue weighted by molar-refractivity contribution is -0.0340. The van der Waals surface area contributed by atoms with Crippen molar-refractivity contribution < 1.29 is 9.50 Å². The Morgan fingerprint density at radius 2 is 1.75 bits per heavy atom. The molecule has 0 unspecified atom stereocenters. The van der Waals surface area contributed by atoms with Gasteiger partial charge in [0, 0.05) is 0 Å². The van der Waals surface area contributed by atoms with Gasteiger partial charge in [0.2, 0.25) is 0 Å². The minimum Gasteiger partial charge on any atom is -0.390 e. The topological polar surface area (TPSA) is 20.2 Å². The van der Waals surface area contributed by atoms with Crippen LogP contribution in [0.25, 0.3) is 0 Å². The molecule has 0 aromatic rings. The van der Waals surface area contributed by atoms with Gasteiger partial charge >= 0.3 is 0 Å². The minimum atomic E-state index is -0.927. The highest BCUT2D eigenvalue weighted by Gasteiger charge is 2.39. The lowest BCUT2D eigenvalue weighted by Gasteiger charge is -2.40. The highest BCUT2D eigenvalue weighted by Crippen LogP contribution is 2.41. The van der Waals surface area contributed by atoms with Gasteiger partial charge in [0.25, 0.3) is 0 Å². The van der Waals surface area contributed by atoms with E-state index in [0.29, 0.717) is 12.3 Å². The Hall–Kier alpha value is -0.110. The smallest absolute Gasteiger partial charge is 0.129 e. The van der Waals surface area contributed by atoms with Gasteiger partial charge in [0.1, 0.15) is 6.17 Å². The molecule has 0 radical (unpaired) electrons. The predicted octanol–water partition coefficient (Wildman–Crippen LogP) is 2.29. The van der Waals surface area contributed by atoms with Gasteiger partial charge in [-0.15, -0.1) is 0 Å². The first kappa shape index (κ1) is 8.49. The summed E-state index contributed by atoms with van der Waals surface area (Å²) in [5.74, 6) is 0.764. The van der Waals surface area contributed by atoms with Crippen LogP contribution in [0.4, 0.5) is 4.39 Å². The van der Waals surface area contributed by atoms with E-state index in [1.165, 1.54) is 12.8 Å². The van der Waals surface area contributed by atoms with Crippen molar-refractivity contribution in [1.29, 1.82) is 0 Å². The van der Waals surface area contributed by atoms with Crippen LogP contribution >= 0.6 is 0 Å². The maximum atomic E-state index is 13.5. The number of halogens is 1. The number of aliphatic hydroxyl groups excluding tert-OH is 1. The van der Waals surface area contributed by atoms with Crippen LogP contribution in [-0.2, 0) is 0 Å². The highest BCUT2D eigenvalue weighted by atomic mass is 19.1. The Bertz CT molecular complexity index is 158. The van der Waals surface area contributed by atoms with E-state index in [1.807, 2.05) is 0 Å². The Morgan fingerprint density at radius 1 is 1.00 bits per heavy atom. The van der Waals surface area contributed by atoms with Crippen molar-refractivity contribution in [1.82, 2.24) is 0 Å². The van der Waals surface area contributed by atoms with Crippen LogP contribution in [0.15, 0.2) is 0 Å². The van der Waals surface area contributed by atoms with Crippen LogP contribution < -0.4 is 0 Å². The maximum Gasteiger partial charge on any atom is 0.129 e. The van der Waals surface area contributed by atoms with Gasteiger partial charge in [-0.25, -0.2) is 4.39 Å². The first-order valence-electron chi connectivity index (χ1n) is 5.11.